The molecule has 0 spiro atoms. The molecule has 1 N–H and O–H groups in total. The van der Waals surface area contributed by atoms with E-state index in [1.807, 2.05) is 18.3 Å². The second-order valence-electron chi connectivity index (χ2n) is 11.6. The number of ether oxygens (including phenoxy) is 1. The predicted molar refractivity (Wildman–Crippen MR) is 158 cm³/mol. The van der Waals surface area contributed by atoms with Crippen LogP contribution < -0.4 is 9.80 Å². The number of aliphatic hydroxyl groups is 1. The van der Waals surface area contributed by atoms with Crippen LogP contribution in [0.5, 0.6) is 0 Å². The zero-order valence-corrected chi connectivity index (χ0v) is 24.8. The van der Waals surface area contributed by atoms with Crippen molar-refractivity contribution in [2.24, 2.45) is 0 Å². The summed E-state index contributed by atoms with van der Waals surface area (Å²) >= 11 is 1.68. The zero-order valence-electron chi connectivity index (χ0n) is 23.0. The lowest BCUT2D eigenvalue weighted by molar-refractivity contribution is 0.153. The molecule has 0 aromatic carbocycles. The number of hydrogen-bond donors (Lipinski definition) is 1. The minimum atomic E-state index is -1.18. The summed E-state index contributed by atoms with van der Waals surface area (Å²) in [6.45, 7) is 12.9. The van der Waals surface area contributed by atoms with Gasteiger partial charge in [0, 0.05) is 53.3 Å². The molecule has 1 saturated carbocycles. The Bertz CT molecular complexity index is 1190. The minimum absolute atomic E-state index is 0.208. The number of hydrogen-bond acceptors (Lipinski definition) is 10. The molecule has 9 nitrogen and oxygen atoms in total. The number of aliphatic hydroxyl groups excluding tert-OH is 1. The first-order valence-corrected chi connectivity index (χ1v) is 18.5. The van der Waals surface area contributed by atoms with Crippen LogP contribution in [0, 0.1) is 0 Å². The summed E-state index contributed by atoms with van der Waals surface area (Å²) in [7, 11) is -1.18. The van der Waals surface area contributed by atoms with Gasteiger partial charge in [0.05, 0.1) is 29.5 Å². The Morgan fingerprint density at radius 1 is 1.08 bits per heavy atom. The maximum atomic E-state index is 9.24. The molecule has 0 unspecified atom stereocenters. The molecule has 11 heteroatoms. The van der Waals surface area contributed by atoms with Crippen LogP contribution in [0.2, 0.25) is 25.7 Å². The number of aromatic nitrogens is 4. The van der Waals surface area contributed by atoms with Crippen molar-refractivity contribution in [2.45, 2.75) is 57.3 Å². The van der Waals surface area contributed by atoms with Crippen molar-refractivity contribution in [1.29, 1.82) is 0 Å². The molecule has 2 aliphatic rings. The molecule has 1 saturated heterocycles. The summed E-state index contributed by atoms with van der Waals surface area (Å²) < 4.78 is 6.19. The van der Waals surface area contributed by atoms with E-state index >= 15 is 0 Å². The minimum Gasteiger partial charge on any atom is -0.395 e. The van der Waals surface area contributed by atoms with E-state index in [1.165, 1.54) is 25.7 Å². The highest BCUT2D eigenvalue weighted by atomic mass is 32.1. The van der Waals surface area contributed by atoms with Gasteiger partial charge in [-0.1, -0.05) is 43.8 Å². The Balaban J connectivity index is 1.37. The topological polar surface area (TPSA) is 90.7 Å². The fourth-order valence-corrected chi connectivity index (χ4v) is 6.87. The van der Waals surface area contributed by atoms with Gasteiger partial charge in [0.25, 0.3) is 0 Å². The number of rotatable bonds is 11. The summed E-state index contributed by atoms with van der Waals surface area (Å²) in [5.41, 5.74) is 2.83. The monoisotopic (exact) mass is 555 g/mol. The molecule has 4 heterocycles. The predicted octanol–water partition coefficient (Wildman–Crippen LogP) is 4.70. The van der Waals surface area contributed by atoms with Crippen LogP contribution in [0.1, 0.15) is 36.6 Å². The lowest BCUT2D eigenvalue weighted by Gasteiger charge is -2.35. The summed E-state index contributed by atoms with van der Waals surface area (Å²) in [5.74, 6) is 1.34. The van der Waals surface area contributed by atoms with Crippen LogP contribution in [-0.4, -0.2) is 90.9 Å². The highest BCUT2D eigenvalue weighted by Crippen LogP contribution is 2.38. The third kappa shape index (κ3) is 6.87. The maximum Gasteiger partial charge on any atom is 0.215 e. The van der Waals surface area contributed by atoms with Crippen LogP contribution in [0.25, 0.3) is 11.0 Å². The smallest absolute Gasteiger partial charge is 0.215 e. The Morgan fingerprint density at radius 3 is 2.61 bits per heavy atom. The van der Waals surface area contributed by atoms with E-state index < -0.39 is 8.07 Å². The van der Waals surface area contributed by atoms with E-state index in [4.69, 9.17) is 14.7 Å². The maximum absolute atomic E-state index is 9.24. The molecule has 0 bridgehead atoms. The number of piperazine rings is 1. The standard InChI is InChI=1S/C27H41N7O2SSi/c1-38(2,3)17-16-36-20-34(27-31-30-26(37-27)21-6-4-5-7-21)25-9-8-23-24(29-25)18-22(19-28-23)33-12-10-32(11-13-33)14-15-35/h8-9,18-19,21,35H,4-7,10-17,20H2,1-3H3. The number of nitrogens with zero attached hydrogens (tertiary/aromatic N) is 7. The van der Waals surface area contributed by atoms with Gasteiger partial charge in [-0.15, -0.1) is 10.2 Å². The van der Waals surface area contributed by atoms with E-state index in [-0.39, 0.29) is 6.61 Å². The summed E-state index contributed by atoms with van der Waals surface area (Å²) in [6.07, 6.45) is 6.92. The zero-order chi connectivity index (χ0) is 26.5. The molecule has 38 heavy (non-hydrogen) atoms. The van der Waals surface area contributed by atoms with E-state index in [1.54, 1.807) is 11.3 Å². The van der Waals surface area contributed by atoms with Gasteiger partial charge >= 0.3 is 0 Å². The molecule has 1 aliphatic heterocycles. The second kappa shape index (κ2) is 12.3. The van der Waals surface area contributed by atoms with Crippen LogP contribution in [0.3, 0.4) is 0 Å². The van der Waals surface area contributed by atoms with E-state index in [0.29, 0.717) is 12.6 Å². The summed E-state index contributed by atoms with van der Waals surface area (Å²) in [6, 6.07) is 7.31. The molecule has 3 aromatic rings. The molecule has 2 fully saturated rings. The van der Waals surface area contributed by atoms with E-state index in [9.17, 15) is 5.11 Å². The van der Waals surface area contributed by atoms with Gasteiger partial charge in [0.15, 0.2) is 0 Å². The van der Waals surface area contributed by atoms with Crippen molar-refractivity contribution in [3.8, 4) is 0 Å². The Labute approximate surface area is 230 Å². The fourth-order valence-electron chi connectivity index (χ4n) is 5.11. The lowest BCUT2D eigenvalue weighted by atomic mass is 10.1. The SMILES string of the molecule is C[Si](C)(C)CCOCN(c1ccc2ncc(N3CCN(CCO)CC3)cc2n1)c1nnc(C2CCCC2)s1. The normalized spacial score (nSPS) is 17.5. The van der Waals surface area contributed by atoms with Crippen LogP contribution in [0.15, 0.2) is 24.4 Å². The van der Waals surface area contributed by atoms with Crippen molar-refractivity contribution < 1.29 is 9.84 Å². The Morgan fingerprint density at radius 2 is 1.87 bits per heavy atom. The van der Waals surface area contributed by atoms with E-state index in [2.05, 4.69) is 50.6 Å². The molecule has 1 aliphatic carbocycles. The van der Waals surface area contributed by atoms with Crippen LogP contribution in [-0.2, 0) is 4.74 Å². The number of anilines is 3. The molecular formula is C27H41N7O2SSi. The molecule has 206 valence electrons. The average molecular weight is 556 g/mol. The third-order valence-corrected chi connectivity index (χ3v) is 10.3. The first-order valence-electron chi connectivity index (χ1n) is 13.9. The van der Waals surface area contributed by atoms with Crippen molar-refractivity contribution in [2.75, 3.05) is 62.5 Å². The lowest BCUT2D eigenvalue weighted by Crippen LogP contribution is -2.47. The summed E-state index contributed by atoms with van der Waals surface area (Å²) in [4.78, 5) is 16.5. The largest absolute Gasteiger partial charge is 0.395 e. The summed E-state index contributed by atoms with van der Waals surface area (Å²) in [5, 5.41) is 20.4. The van der Waals surface area contributed by atoms with Crippen molar-refractivity contribution in [3.05, 3.63) is 29.4 Å². The Kier molecular flexibility index (Phi) is 8.89. The van der Waals surface area contributed by atoms with Crippen molar-refractivity contribution in [3.63, 3.8) is 0 Å². The molecule has 0 atom stereocenters. The second-order valence-corrected chi connectivity index (χ2v) is 18.2. The third-order valence-electron chi connectivity index (χ3n) is 7.52. The van der Waals surface area contributed by atoms with Gasteiger partial charge in [0.2, 0.25) is 5.13 Å². The van der Waals surface area contributed by atoms with Gasteiger partial charge in [-0.3, -0.25) is 14.8 Å². The molecular weight excluding hydrogens is 514 g/mol. The van der Waals surface area contributed by atoms with Crippen molar-refractivity contribution in [1.82, 2.24) is 25.1 Å². The Hall–Kier alpha value is -2.18. The van der Waals surface area contributed by atoms with Gasteiger partial charge in [-0.2, -0.15) is 0 Å². The van der Waals surface area contributed by atoms with Gasteiger partial charge in [0.1, 0.15) is 17.6 Å². The van der Waals surface area contributed by atoms with Gasteiger partial charge < -0.3 is 14.7 Å². The number of β-amino-alcohol motifs (C(OH)–C–C–N with tert-alkyl or cyclic N) is 1. The average Bonchev–Trinajstić information content (AvgIpc) is 3.61. The molecule has 3 aromatic heterocycles. The quantitative estimate of drug-likeness (QED) is 0.205. The highest BCUT2D eigenvalue weighted by molar-refractivity contribution is 7.15. The number of fused-ring (bicyclic) bond motifs is 1. The van der Waals surface area contributed by atoms with Gasteiger partial charge in [-0.25, -0.2) is 4.98 Å². The number of pyridine rings is 2. The molecule has 0 radical (unpaired) electrons. The van der Waals surface area contributed by atoms with Crippen LogP contribution in [0.4, 0.5) is 16.6 Å². The van der Waals surface area contributed by atoms with E-state index in [0.717, 1.165) is 78.1 Å². The molecule has 0 amide bonds. The van der Waals surface area contributed by atoms with Crippen LogP contribution >= 0.6 is 11.3 Å². The molecule has 5 rings (SSSR count). The van der Waals surface area contributed by atoms with Crippen molar-refractivity contribution >= 4 is 47.1 Å². The first-order chi connectivity index (χ1) is 18.4. The van der Waals surface area contributed by atoms with Gasteiger partial charge in [-0.05, 0) is 37.1 Å². The fraction of sp³-hybridized carbons (Fsp3) is 0.630. The first kappa shape index (κ1) is 27.4. The highest BCUT2D eigenvalue weighted by Gasteiger charge is 2.24.